The molecule has 0 aliphatic rings. The van der Waals surface area contributed by atoms with Gasteiger partial charge < -0.3 is 14.6 Å². The van der Waals surface area contributed by atoms with E-state index >= 15 is 0 Å². The topological polar surface area (TPSA) is 102 Å². The van der Waals surface area contributed by atoms with Crippen molar-refractivity contribution in [1.29, 1.82) is 0 Å². The molecule has 2 N–H and O–H groups in total. The first-order chi connectivity index (χ1) is 9.45. The zero-order valence-electron chi connectivity index (χ0n) is 11.0. The fraction of sp³-hybridized carbons (Fsp3) is 0.417. The maximum absolute atomic E-state index is 11.9. The van der Waals surface area contributed by atoms with E-state index in [4.69, 9.17) is 14.6 Å². The van der Waals surface area contributed by atoms with Crippen molar-refractivity contribution >= 4 is 16.0 Å². The maximum atomic E-state index is 11.9. The average molecular weight is 303 g/mol. The summed E-state index contributed by atoms with van der Waals surface area (Å²) in [5.74, 6) is -0.504. The third kappa shape index (κ3) is 5.55. The van der Waals surface area contributed by atoms with Gasteiger partial charge in [-0.25, -0.2) is 17.9 Å². The van der Waals surface area contributed by atoms with Crippen LogP contribution in [-0.2, 0) is 19.6 Å². The number of carbonyl (C=O) groups is 1. The van der Waals surface area contributed by atoms with E-state index in [0.717, 1.165) is 0 Å². The van der Waals surface area contributed by atoms with Gasteiger partial charge in [-0.3, -0.25) is 0 Å². The number of aliphatic carboxylic acids is 1. The number of sulfonamides is 1. The summed E-state index contributed by atoms with van der Waals surface area (Å²) in [6, 6.07) is 6.01. The largest absolute Gasteiger partial charge is 0.494 e. The quantitative estimate of drug-likeness (QED) is 0.643. The summed E-state index contributed by atoms with van der Waals surface area (Å²) in [6.45, 7) is 1.88. The van der Waals surface area contributed by atoms with Gasteiger partial charge in [0.2, 0.25) is 10.0 Å². The van der Waals surface area contributed by atoms with Crippen LogP contribution in [0.25, 0.3) is 0 Å². The Morgan fingerprint density at radius 2 is 1.95 bits per heavy atom. The van der Waals surface area contributed by atoms with Crippen LogP contribution in [0.3, 0.4) is 0 Å². The molecule has 0 saturated heterocycles. The van der Waals surface area contributed by atoms with E-state index in [1.165, 1.54) is 12.1 Å². The van der Waals surface area contributed by atoms with Gasteiger partial charge >= 0.3 is 5.97 Å². The molecule has 0 aromatic heterocycles. The molecule has 0 heterocycles. The van der Waals surface area contributed by atoms with E-state index in [2.05, 4.69) is 4.72 Å². The number of carboxylic acids is 1. The zero-order chi connectivity index (χ0) is 15.0. The number of carboxylic acid groups (broad SMARTS) is 1. The molecule has 8 heteroatoms. The summed E-state index contributed by atoms with van der Waals surface area (Å²) in [6.07, 6.45) is 0. The predicted octanol–water partition coefficient (Wildman–Crippen LogP) is 0.465. The number of nitrogens with one attached hydrogen (secondary N) is 1. The first kappa shape index (κ1) is 16.4. The molecule has 1 rings (SSSR count). The lowest BCUT2D eigenvalue weighted by Gasteiger charge is -2.08. The minimum Gasteiger partial charge on any atom is -0.494 e. The molecule has 0 unspecified atom stereocenters. The molecule has 0 fully saturated rings. The second-order valence-electron chi connectivity index (χ2n) is 3.75. The van der Waals surface area contributed by atoms with E-state index in [-0.39, 0.29) is 18.0 Å². The summed E-state index contributed by atoms with van der Waals surface area (Å²) in [5, 5.41) is 8.34. The molecular formula is C12H17NO6S. The molecule has 0 amide bonds. The lowest BCUT2D eigenvalue weighted by molar-refractivity contribution is -0.142. The van der Waals surface area contributed by atoms with Crippen molar-refractivity contribution in [2.24, 2.45) is 0 Å². The molecule has 0 aliphatic heterocycles. The minimum absolute atomic E-state index is 0.00280. The summed E-state index contributed by atoms with van der Waals surface area (Å²) in [7, 11) is -3.63. The Morgan fingerprint density at radius 3 is 2.50 bits per heavy atom. The molecule has 0 spiro atoms. The number of rotatable bonds is 9. The molecule has 0 aliphatic carbocycles. The number of ether oxygens (including phenoxy) is 2. The van der Waals surface area contributed by atoms with E-state index in [1.54, 1.807) is 12.1 Å². The molecule has 0 atom stereocenters. The van der Waals surface area contributed by atoms with Crippen LogP contribution in [0.15, 0.2) is 29.2 Å². The Labute approximate surface area is 117 Å². The van der Waals surface area contributed by atoms with Crippen LogP contribution in [-0.4, -0.2) is 45.9 Å². The SMILES string of the molecule is CCOc1ccc(S(=O)(=O)NCCOCC(=O)O)cc1. The van der Waals surface area contributed by atoms with Crippen molar-refractivity contribution in [2.45, 2.75) is 11.8 Å². The smallest absolute Gasteiger partial charge is 0.329 e. The summed E-state index contributed by atoms with van der Waals surface area (Å²) in [4.78, 5) is 10.3. The minimum atomic E-state index is -3.63. The average Bonchev–Trinajstić information content (AvgIpc) is 2.39. The van der Waals surface area contributed by atoms with E-state index < -0.39 is 22.6 Å². The molecule has 0 bridgehead atoms. The standard InChI is InChI=1S/C12H17NO6S/c1-2-19-10-3-5-11(6-4-10)20(16,17)13-7-8-18-9-12(14)15/h3-6,13H,2,7-9H2,1H3,(H,14,15). The van der Waals surface area contributed by atoms with Gasteiger partial charge in [-0.2, -0.15) is 0 Å². The van der Waals surface area contributed by atoms with Crippen LogP contribution in [0.2, 0.25) is 0 Å². The molecule has 0 saturated carbocycles. The van der Waals surface area contributed by atoms with Crippen molar-refractivity contribution in [3.8, 4) is 5.75 Å². The summed E-state index contributed by atoms with van der Waals surface area (Å²) < 4.78 is 36.0. The van der Waals surface area contributed by atoms with Crippen molar-refractivity contribution in [3.63, 3.8) is 0 Å². The Balaban J connectivity index is 2.49. The number of hydrogen-bond donors (Lipinski definition) is 2. The maximum Gasteiger partial charge on any atom is 0.329 e. The lowest BCUT2D eigenvalue weighted by atomic mass is 10.3. The Kier molecular flexibility index (Phi) is 6.43. The molecule has 20 heavy (non-hydrogen) atoms. The second-order valence-corrected chi connectivity index (χ2v) is 5.52. The molecular weight excluding hydrogens is 286 g/mol. The molecule has 1 aromatic carbocycles. The lowest BCUT2D eigenvalue weighted by Crippen LogP contribution is -2.28. The number of hydrogen-bond acceptors (Lipinski definition) is 5. The van der Waals surface area contributed by atoms with Crippen molar-refractivity contribution < 1.29 is 27.8 Å². The Morgan fingerprint density at radius 1 is 1.30 bits per heavy atom. The fourth-order valence-electron chi connectivity index (χ4n) is 1.37. The number of benzene rings is 1. The normalized spacial score (nSPS) is 11.2. The van der Waals surface area contributed by atoms with E-state index in [1.807, 2.05) is 6.92 Å². The van der Waals surface area contributed by atoms with Crippen molar-refractivity contribution in [1.82, 2.24) is 4.72 Å². The summed E-state index contributed by atoms with van der Waals surface area (Å²) >= 11 is 0. The van der Waals surface area contributed by atoms with Crippen LogP contribution in [0.1, 0.15) is 6.92 Å². The van der Waals surface area contributed by atoms with E-state index in [0.29, 0.717) is 12.4 Å². The van der Waals surface area contributed by atoms with Crippen LogP contribution in [0.4, 0.5) is 0 Å². The first-order valence-corrected chi connectivity index (χ1v) is 7.46. The van der Waals surface area contributed by atoms with E-state index in [9.17, 15) is 13.2 Å². The third-order valence-corrected chi connectivity index (χ3v) is 3.69. The van der Waals surface area contributed by atoms with Gasteiger partial charge in [-0.05, 0) is 31.2 Å². The van der Waals surface area contributed by atoms with Crippen LogP contribution in [0.5, 0.6) is 5.75 Å². The van der Waals surface area contributed by atoms with Crippen LogP contribution >= 0.6 is 0 Å². The molecule has 1 aromatic rings. The highest BCUT2D eigenvalue weighted by atomic mass is 32.2. The first-order valence-electron chi connectivity index (χ1n) is 5.98. The van der Waals surface area contributed by atoms with Gasteiger partial charge in [0.25, 0.3) is 0 Å². The highest BCUT2D eigenvalue weighted by Gasteiger charge is 2.13. The summed E-state index contributed by atoms with van der Waals surface area (Å²) in [5.41, 5.74) is 0. The molecule has 7 nitrogen and oxygen atoms in total. The second kappa shape index (κ2) is 7.83. The molecule has 112 valence electrons. The van der Waals surface area contributed by atoms with Gasteiger partial charge in [-0.15, -0.1) is 0 Å². The van der Waals surface area contributed by atoms with Gasteiger partial charge in [0.1, 0.15) is 12.4 Å². The highest BCUT2D eigenvalue weighted by molar-refractivity contribution is 7.89. The van der Waals surface area contributed by atoms with Gasteiger partial charge in [0.15, 0.2) is 0 Å². The van der Waals surface area contributed by atoms with Crippen LogP contribution < -0.4 is 9.46 Å². The highest BCUT2D eigenvalue weighted by Crippen LogP contribution is 2.15. The molecule has 0 radical (unpaired) electrons. The Bertz CT molecular complexity index is 525. The fourth-order valence-corrected chi connectivity index (χ4v) is 2.39. The van der Waals surface area contributed by atoms with Crippen molar-refractivity contribution in [2.75, 3.05) is 26.4 Å². The van der Waals surface area contributed by atoms with Gasteiger partial charge in [0.05, 0.1) is 18.1 Å². The zero-order valence-corrected chi connectivity index (χ0v) is 11.9. The Hall–Kier alpha value is -1.64. The third-order valence-electron chi connectivity index (χ3n) is 2.21. The van der Waals surface area contributed by atoms with Gasteiger partial charge in [-0.1, -0.05) is 0 Å². The van der Waals surface area contributed by atoms with Gasteiger partial charge in [0, 0.05) is 6.54 Å². The predicted molar refractivity (Wildman–Crippen MR) is 71.3 cm³/mol. The van der Waals surface area contributed by atoms with Crippen LogP contribution in [0, 0.1) is 0 Å². The van der Waals surface area contributed by atoms with Crippen molar-refractivity contribution in [3.05, 3.63) is 24.3 Å². The monoisotopic (exact) mass is 303 g/mol.